The van der Waals surface area contributed by atoms with Gasteiger partial charge in [0.05, 0.1) is 22.8 Å². The lowest BCUT2D eigenvalue weighted by molar-refractivity contribution is 0.410. The normalized spacial score (nSPS) is 14.0. The van der Waals surface area contributed by atoms with Gasteiger partial charge in [-0.25, -0.2) is 4.99 Å². The van der Waals surface area contributed by atoms with Crippen LogP contribution in [-0.2, 0) is 0 Å². The van der Waals surface area contributed by atoms with Crippen molar-refractivity contribution in [3.05, 3.63) is 188 Å². The Morgan fingerprint density at radius 3 is 2.20 bits per heavy atom. The number of nitrogens with zero attached hydrogens (tertiary/aromatic N) is 3. The van der Waals surface area contributed by atoms with Crippen LogP contribution in [0, 0.1) is 0 Å². The van der Waals surface area contributed by atoms with Gasteiger partial charge < -0.3 is 4.90 Å². The van der Waals surface area contributed by atoms with Gasteiger partial charge in [0.1, 0.15) is 0 Å². The molecule has 7 aromatic carbocycles. The van der Waals surface area contributed by atoms with E-state index < -0.39 is 0 Å². The van der Waals surface area contributed by atoms with Gasteiger partial charge in [-0.2, -0.15) is 0 Å². The highest BCUT2D eigenvalue weighted by atomic mass is 32.1. The summed E-state index contributed by atoms with van der Waals surface area (Å²) < 4.78 is 5.02. The SMILES string of the molecule is C=CC=C.CN1C(n2c3ccccc3c3c4ccccc4ccc32)=Nc2ccccc2C1c1cccc(-c2cccc3c2sc2ccccc23)c1. The maximum absolute atomic E-state index is 5.38. The third kappa shape index (κ3) is 4.99. The highest BCUT2D eigenvalue weighted by molar-refractivity contribution is 7.26. The van der Waals surface area contributed by atoms with Crippen LogP contribution in [0.4, 0.5) is 5.69 Å². The summed E-state index contributed by atoms with van der Waals surface area (Å²) >= 11 is 1.88. The van der Waals surface area contributed by atoms with Crippen LogP contribution in [0.3, 0.4) is 0 Å². The van der Waals surface area contributed by atoms with Gasteiger partial charge in [0.15, 0.2) is 0 Å². The van der Waals surface area contributed by atoms with E-state index in [0.29, 0.717) is 0 Å². The van der Waals surface area contributed by atoms with Crippen LogP contribution in [-0.4, -0.2) is 22.5 Å². The summed E-state index contributed by atoms with van der Waals surface area (Å²) in [6.07, 6.45) is 3.28. The van der Waals surface area contributed by atoms with Gasteiger partial charge in [0, 0.05) is 43.6 Å². The molecule has 0 saturated carbocycles. The van der Waals surface area contributed by atoms with E-state index in [2.05, 4.69) is 181 Å². The highest BCUT2D eigenvalue weighted by Gasteiger charge is 2.31. The van der Waals surface area contributed by atoms with Crippen molar-refractivity contribution in [3.8, 4) is 11.1 Å². The van der Waals surface area contributed by atoms with Crippen molar-refractivity contribution in [1.29, 1.82) is 0 Å². The quantitative estimate of drug-likeness (QED) is 0.171. The summed E-state index contributed by atoms with van der Waals surface area (Å²) in [4.78, 5) is 7.74. The van der Waals surface area contributed by atoms with Gasteiger partial charge in [-0.1, -0.05) is 147 Å². The van der Waals surface area contributed by atoms with Gasteiger partial charge in [-0.15, -0.1) is 11.3 Å². The average molecular weight is 674 g/mol. The van der Waals surface area contributed by atoms with Crippen molar-refractivity contribution < 1.29 is 0 Å². The van der Waals surface area contributed by atoms with E-state index in [-0.39, 0.29) is 6.04 Å². The molecule has 0 fully saturated rings. The molecule has 0 radical (unpaired) electrons. The van der Waals surface area contributed by atoms with Gasteiger partial charge in [0.25, 0.3) is 0 Å². The Bertz CT molecular complexity index is 2830. The fraction of sp³-hybridized carbons (Fsp3) is 0.0426. The molecule has 1 unspecified atom stereocenters. The van der Waals surface area contributed by atoms with E-state index in [1.807, 2.05) is 11.3 Å². The predicted molar refractivity (Wildman–Crippen MR) is 221 cm³/mol. The molecule has 51 heavy (non-hydrogen) atoms. The summed E-state index contributed by atoms with van der Waals surface area (Å²) in [5, 5.41) is 7.66. The zero-order valence-electron chi connectivity index (χ0n) is 28.3. The van der Waals surface area contributed by atoms with E-state index in [4.69, 9.17) is 4.99 Å². The second kappa shape index (κ2) is 12.6. The largest absolute Gasteiger partial charge is 0.334 e. The van der Waals surface area contributed by atoms with Crippen molar-refractivity contribution in [3.63, 3.8) is 0 Å². The minimum atomic E-state index is -0.0167. The summed E-state index contributed by atoms with van der Waals surface area (Å²) in [5.74, 6) is 0.923. The molecule has 0 aliphatic carbocycles. The number of hydrogen-bond acceptors (Lipinski definition) is 3. The van der Waals surface area contributed by atoms with E-state index >= 15 is 0 Å². The van der Waals surface area contributed by atoms with Crippen molar-refractivity contribution in [2.45, 2.75) is 6.04 Å². The van der Waals surface area contributed by atoms with Gasteiger partial charge in [-0.05, 0) is 57.8 Å². The summed E-state index contributed by atoms with van der Waals surface area (Å²) in [5.41, 5.74) is 8.30. The first-order valence-electron chi connectivity index (χ1n) is 17.2. The Labute approximate surface area is 301 Å². The standard InChI is InChI=1S/C43H29N3S.C4H6/c1-45-41(29-14-10-13-28(26-29)31-19-11-20-33-32-16-6-9-23-39(32)47-42(31)33)34-17-4-7-21-36(34)44-43(45)46-37-22-8-5-18-35(37)40-30-15-3-2-12-27(30)24-25-38(40)46;1-3-4-2/h2-26,41H,1H3;3-4H,1-2H2. The molecule has 1 aliphatic heterocycles. The Morgan fingerprint density at radius 1 is 0.627 bits per heavy atom. The second-order valence-corrected chi connectivity index (χ2v) is 13.9. The van der Waals surface area contributed by atoms with Gasteiger partial charge in [-0.3, -0.25) is 4.57 Å². The number of thiophene rings is 1. The first-order valence-corrected chi connectivity index (χ1v) is 18.0. The Kier molecular flexibility index (Phi) is 7.60. The number of hydrogen-bond donors (Lipinski definition) is 0. The Balaban J connectivity index is 0.000000830. The third-order valence-electron chi connectivity index (χ3n) is 10.0. The van der Waals surface area contributed by atoms with E-state index in [1.54, 1.807) is 12.2 Å². The minimum Gasteiger partial charge on any atom is -0.334 e. The third-order valence-corrected chi connectivity index (χ3v) is 11.2. The molecule has 0 bridgehead atoms. The fourth-order valence-corrected chi connectivity index (χ4v) is 8.99. The molecule has 0 N–H and O–H groups in total. The molecule has 1 aliphatic rings. The lowest BCUT2D eigenvalue weighted by atomic mass is 9.92. The van der Waals surface area contributed by atoms with Crippen LogP contribution in [0.25, 0.3) is 63.9 Å². The molecule has 3 nitrogen and oxygen atoms in total. The average Bonchev–Trinajstić information content (AvgIpc) is 3.74. The fourth-order valence-electron chi connectivity index (χ4n) is 7.75. The molecular formula is C47H35N3S. The number of aromatic nitrogens is 1. The van der Waals surface area contributed by atoms with Crippen LogP contribution in [0.5, 0.6) is 0 Å². The molecule has 244 valence electrons. The molecule has 0 spiro atoms. The number of allylic oxidation sites excluding steroid dienone is 2. The number of benzene rings is 7. The summed E-state index contributed by atoms with van der Waals surface area (Å²) in [6, 6.07) is 55.1. The van der Waals surface area contributed by atoms with Crippen LogP contribution in [0.15, 0.2) is 182 Å². The van der Waals surface area contributed by atoms with Crippen molar-refractivity contribution >= 4 is 75.7 Å². The van der Waals surface area contributed by atoms with Crippen molar-refractivity contribution in [2.24, 2.45) is 4.99 Å². The smallest absolute Gasteiger partial charge is 0.211 e. The lowest BCUT2D eigenvalue weighted by Gasteiger charge is -2.36. The molecule has 2 aromatic heterocycles. The minimum absolute atomic E-state index is 0.0167. The number of fused-ring (bicyclic) bond motifs is 9. The topological polar surface area (TPSA) is 20.5 Å². The van der Waals surface area contributed by atoms with Gasteiger partial charge in [0.2, 0.25) is 5.96 Å². The predicted octanol–water partition coefficient (Wildman–Crippen LogP) is 12.9. The molecule has 9 aromatic rings. The lowest BCUT2D eigenvalue weighted by Crippen LogP contribution is -2.38. The monoisotopic (exact) mass is 673 g/mol. The highest BCUT2D eigenvalue weighted by Crippen LogP contribution is 2.44. The van der Waals surface area contributed by atoms with Crippen LogP contribution in [0.1, 0.15) is 17.2 Å². The van der Waals surface area contributed by atoms with Gasteiger partial charge >= 0.3 is 0 Å². The maximum Gasteiger partial charge on any atom is 0.211 e. The van der Waals surface area contributed by atoms with Crippen LogP contribution in [0.2, 0.25) is 0 Å². The summed E-state index contributed by atoms with van der Waals surface area (Å²) in [6.45, 7) is 6.72. The van der Waals surface area contributed by atoms with E-state index in [9.17, 15) is 0 Å². The van der Waals surface area contributed by atoms with E-state index in [1.165, 1.54) is 69.5 Å². The Morgan fingerprint density at radius 2 is 1.33 bits per heavy atom. The zero-order valence-corrected chi connectivity index (χ0v) is 29.1. The summed E-state index contributed by atoms with van der Waals surface area (Å²) in [7, 11) is 2.19. The number of aliphatic imine (C=N–C) groups is 1. The molecule has 4 heteroatoms. The first-order chi connectivity index (χ1) is 25.2. The van der Waals surface area contributed by atoms with Crippen molar-refractivity contribution in [1.82, 2.24) is 9.47 Å². The number of rotatable bonds is 3. The second-order valence-electron chi connectivity index (χ2n) is 12.9. The molecule has 3 heterocycles. The van der Waals surface area contributed by atoms with Crippen LogP contribution < -0.4 is 0 Å². The number of para-hydroxylation sites is 2. The first kappa shape index (κ1) is 30.8. The van der Waals surface area contributed by atoms with Crippen LogP contribution >= 0.6 is 11.3 Å². The molecule has 10 rings (SSSR count). The molecule has 1 atom stereocenters. The molecule has 0 saturated heterocycles. The maximum atomic E-state index is 5.38. The molecule has 0 amide bonds. The van der Waals surface area contributed by atoms with Crippen molar-refractivity contribution in [2.75, 3.05) is 7.05 Å². The molecular weight excluding hydrogens is 639 g/mol. The Hall–Kier alpha value is -6.23. The van der Waals surface area contributed by atoms with E-state index in [0.717, 1.165) is 17.2 Å². The zero-order chi connectivity index (χ0) is 34.5.